The average Bonchev–Trinajstić information content (AvgIpc) is 2.16. The van der Waals surface area contributed by atoms with Crippen LogP contribution in [0.1, 0.15) is 38.5 Å². The number of carboxylic acids is 1. The number of aliphatic carboxylic acids is 1. The molecule has 3 N–H and O–H groups in total. The van der Waals surface area contributed by atoms with Crippen molar-refractivity contribution >= 4 is 12.0 Å². The molecule has 0 bridgehead atoms. The summed E-state index contributed by atoms with van der Waals surface area (Å²) in [5, 5.41) is 13.8. The lowest BCUT2D eigenvalue weighted by atomic mass is 9.83. The number of carbonyl (C=O) groups is 2. The van der Waals surface area contributed by atoms with Gasteiger partial charge in [-0.05, 0) is 18.8 Å². The molecule has 92 valence electrons. The molecular weight excluding hydrogens is 208 g/mol. The molecule has 5 nitrogen and oxygen atoms in total. The van der Waals surface area contributed by atoms with Crippen LogP contribution in [0, 0.1) is 5.92 Å². The smallest absolute Gasteiger partial charge is 0.314 e. The number of carbonyl (C=O) groups excluding carboxylic acids is 1. The van der Waals surface area contributed by atoms with Crippen molar-refractivity contribution in [2.45, 2.75) is 38.5 Å². The van der Waals surface area contributed by atoms with Crippen LogP contribution < -0.4 is 10.6 Å². The van der Waals surface area contributed by atoms with Crippen LogP contribution in [-0.4, -0.2) is 30.2 Å². The third-order valence-electron chi connectivity index (χ3n) is 2.92. The van der Waals surface area contributed by atoms with Crippen molar-refractivity contribution in [3.63, 3.8) is 0 Å². The highest BCUT2D eigenvalue weighted by molar-refractivity contribution is 5.73. The fraction of sp³-hybridized carbons (Fsp3) is 0.818. The molecule has 1 aliphatic rings. The molecule has 0 aromatic rings. The van der Waals surface area contributed by atoms with Crippen LogP contribution >= 0.6 is 0 Å². The summed E-state index contributed by atoms with van der Waals surface area (Å²) in [6.45, 7) is 1.14. The number of hydrogen-bond donors (Lipinski definition) is 3. The molecule has 1 rings (SSSR count). The van der Waals surface area contributed by atoms with Gasteiger partial charge in [-0.15, -0.1) is 0 Å². The van der Waals surface area contributed by atoms with E-state index < -0.39 is 5.97 Å². The minimum Gasteiger partial charge on any atom is -0.481 e. The van der Waals surface area contributed by atoms with E-state index in [9.17, 15) is 9.59 Å². The Bertz CT molecular complexity index is 239. The van der Waals surface area contributed by atoms with Crippen LogP contribution in [0.4, 0.5) is 4.79 Å². The van der Waals surface area contributed by atoms with Gasteiger partial charge in [-0.3, -0.25) is 4.79 Å². The SMILES string of the molecule is O=C(O)CCCNC(=O)NCCC1CCC1. The highest BCUT2D eigenvalue weighted by Crippen LogP contribution is 2.28. The minimum absolute atomic E-state index is 0.0996. The topological polar surface area (TPSA) is 78.4 Å². The zero-order chi connectivity index (χ0) is 11.8. The highest BCUT2D eigenvalue weighted by Gasteiger charge is 2.16. The lowest BCUT2D eigenvalue weighted by molar-refractivity contribution is -0.137. The van der Waals surface area contributed by atoms with Crippen molar-refractivity contribution in [1.29, 1.82) is 0 Å². The first-order chi connectivity index (χ1) is 7.68. The Morgan fingerprint density at radius 1 is 1.19 bits per heavy atom. The maximum absolute atomic E-state index is 11.2. The maximum atomic E-state index is 11.2. The predicted octanol–water partition coefficient (Wildman–Crippen LogP) is 1.34. The van der Waals surface area contributed by atoms with Crippen molar-refractivity contribution in [2.24, 2.45) is 5.92 Å². The van der Waals surface area contributed by atoms with Gasteiger partial charge in [0.15, 0.2) is 0 Å². The number of carboxylic acid groups (broad SMARTS) is 1. The summed E-state index contributed by atoms with van der Waals surface area (Å²) < 4.78 is 0. The number of hydrogen-bond acceptors (Lipinski definition) is 2. The normalized spacial score (nSPS) is 15.2. The van der Waals surface area contributed by atoms with E-state index in [4.69, 9.17) is 5.11 Å². The average molecular weight is 228 g/mol. The Morgan fingerprint density at radius 3 is 2.44 bits per heavy atom. The Labute approximate surface area is 95.6 Å². The van der Waals surface area contributed by atoms with Crippen LogP contribution in [0.15, 0.2) is 0 Å². The van der Waals surface area contributed by atoms with E-state index in [1.54, 1.807) is 0 Å². The van der Waals surface area contributed by atoms with Gasteiger partial charge in [-0.25, -0.2) is 4.79 Å². The van der Waals surface area contributed by atoms with Gasteiger partial charge in [-0.1, -0.05) is 19.3 Å². The lowest BCUT2D eigenvalue weighted by Crippen LogP contribution is -2.37. The van der Waals surface area contributed by atoms with Crippen LogP contribution in [0.5, 0.6) is 0 Å². The third kappa shape index (κ3) is 5.58. The summed E-state index contributed by atoms with van der Waals surface area (Å²) in [4.78, 5) is 21.4. The molecule has 0 saturated heterocycles. The van der Waals surface area contributed by atoms with E-state index in [2.05, 4.69) is 10.6 Å². The van der Waals surface area contributed by atoms with E-state index in [0.717, 1.165) is 18.9 Å². The van der Waals surface area contributed by atoms with Crippen molar-refractivity contribution in [3.05, 3.63) is 0 Å². The van der Waals surface area contributed by atoms with Gasteiger partial charge in [0, 0.05) is 19.5 Å². The second-order valence-corrected chi connectivity index (χ2v) is 4.27. The Morgan fingerprint density at radius 2 is 1.88 bits per heavy atom. The Balaban J connectivity index is 1.87. The first kappa shape index (κ1) is 12.8. The number of amides is 2. The summed E-state index contributed by atoms with van der Waals surface area (Å²) in [6, 6.07) is -0.190. The van der Waals surface area contributed by atoms with Gasteiger partial charge in [0.25, 0.3) is 0 Å². The van der Waals surface area contributed by atoms with Crippen LogP contribution in [0.2, 0.25) is 0 Å². The fourth-order valence-corrected chi connectivity index (χ4v) is 1.68. The van der Waals surface area contributed by atoms with E-state index >= 15 is 0 Å². The molecule has 16 heavy (non-hydrogen) atoms. The molecule has 0 aromatic carbocycles. The first-order valence-corrected chi connectivity index (χ1v) is 5.92. The zero-order valence-corrected chi connectivity index (χ0v) is 9.50. The van der Waals surface area contributed by atoms with Crippen molar-refractivity contribution in [1.82, 2.24) is 10.6 Å². The summed E-state index contributed by atoms with van der Waals surface area (Å²) in [5.41, 5.74) is 0. The summed E-state index contributed by atoms with van der Waals surface area (Å²) in [6.07, 6.45) is 5.55. The van der Waals surface area contributed by atoms with Crippen molar-refractivity contribution in [2.75, 3.05) is 13.1 Å². The molecule has 1 aliphatic carbocycles. The van der Waals surface area contributed by atoms with Gasteiger partial charge < -0.3 is 15.7 Å². The van der Waals surface area contributed by atoms with Crippen molar-refractivity contribution in [3.8, 4) is 0 Å². The minimum atomic E-state index is -0.827. The molecular formula is C11H20N2O3. The first-order valence-electron chi connectivity index (χ1n) is 5.92. The van der Waals surface area contributed by atoms with E-state index in [-0.39, 0.29) is 12.5 Å². The molecule has 0 aromatic heterocycles. The third-order valence-corrected chi connectivity index (χ3v) is 2.92. The van der Waals surface area contributed by atoms with Gasteiger partial charge in [-0.2, -0.15) is 0 Å². The van der Waals surface area contributed by atoms with Gasteiger partial charge in [0.05, 0.1) is 0 Å². The Kier molecular flexibility index (Phi) is 5.67. The monoisotopic (exact) mass is 228 g/mol. The van der Waals surface area contributed by atoms with Gasteiger partial charge in [0.1, 0.15) is 0 Å². The van der Waals surface area contributed by atoms with E-state index in [0.29, 0.717) is 13.0 Å². The maximum Gasteiger partial charge on any atom is 0.314 e. The van der Waals surface area contributed by atoms with E-state index in [1.807, 2.05) is 0 Å². The number of rotatable bonds is 7. The molecule has 0 atom stereocenters. The van der Waals surface area contributed by atoms with E-state index in [1.165, 1.54) is 19.3 Å². The van der Waals surface area contributed by atoms with Crippen LogP contribution in [-0.2, 0) is 4.79 Å². The summed E-state index contributed by atoms with van der Waals surface area (Å²) >= 11 is 0. The molecule has 2 amide bonds. The Hall–Kier alpha value is -1.26. The standard InChI is InChI=1S/C11H20N2O3/c14-10(15)5-2-7-12-11(16)13-8-6-9-3-1-4-9/h9H,1-8H2,(H,14,15)(H2,12,13,16). The van der Waals surface area contributed by atoms with Crippen LogP contribution in [0.25, 0.3) is 0 Å². The molecule has 0 aliphatic heterocycles. The molecule has 5 heteroatoms. The summed E-state index contributed by atoms with van der Waals surface area (Å²) in [7, 11) is 0. The molecule has 0 unspecified atom stereocenters. The second kappa shape index (κ2) is 7.09. The lowest BCUT2D eigenvalue weighted by Gasteiger charge is -2.25. The van der Waals surface area contributed by atoms with Crippen LogP contribution in [0.3, 0.4) is 0 Å². The zero-order valence-electron chi connectivity index (χ0n) is 9.50. The molecule has 0 radical (unpaired) electrons. The number of urea groups is 1. The number of nitrogens with one attached hydrogen (secondary N) is 2. The fourth-order valence-electron chi connectivity index (χ4n) is 1.68. The molecule has 0 heterocycles. The highest BCUT2D eigenvalue weighted by atomic mass is 16.4. The summed E-state index contributed by atoms with van der Waals surface area (Å²) in [5.74, 6) is -0.0282. The largest absolute Gasteiger partial charge is 0.481 e. The molecule has 0 spiro atoms. The predicted molar refractivity (Wildman–Crippen MR) is 60.2 cm³/mol. The molecule has 1 saturated carbocycles. The molecule has 1 fully saturated rings. The van der Waals surface area contributed by atoms with Gasteiger partial charge >= 0.3 is 12.0 Å². The van der Waals surface area contributed by atoms with Gasteiger partial charge in [0.2, 0.25) is 0 Å². The second-order valence-electron chi connectivity index (χ2n) is 4.27. The quantitative estimate of drug-likeness (QED) is 0.575. The van der Waals surface area contributed by atoms with Crippen molar-refractivity contribution < 1.29 is 14.7 Å².